The molecule has 0 unspecified atom stereocenters. The number of carbonyl (C=O) groups is 2. The Labute approximate surface area is 102 Å². The van der Waals surface area contributed by atoms with Gasteiger partial charge in [-0.05, 0) is 12.1 Å². The summed E-state index contributed by atoms with van der Waals surface area (Å²) in [5.41, 5.74) is 1.86. The lowest BCUT2D eigenvalue weighted by atomic mass is 10.2. The highest BCUT2D eigenvalue weighted by molar-refractivity contribution is 6.04. The van der Waals surface area contributed by atoms with Crippen LogP contribution >= 0.6 is 0 Å². The molecule has 6 nitrogen and oxygen atoms in total. The average Bonchev–Trinajstić information content (AvgIpc) is 2.81. The Morgan fingerprint density at radius 3 is 2.89 bits per heavy atom. The molecule has 0 saturated carbocycles. The van der Waals surface area contributed by atoms with Crippen molar-refractivity contribution in [3.8, 4) is 0 Å². The van der Waals surface area contributed by atoms with Crippen molar-refractivity contribution in [1.29, 1.82) is 0 Å². The van der Waals surface area contributed by atoms with Crippen LogP contribution < -0.4 is 4.90 Å². The Kier molecular flexibility index (Phi) is 3.09. The van der Waals surface area contributed by atoms with E-state index in [-0.39, 0.29) is 0 Å². The number of fused-ring (bicyclic) bond motifs is 1. The lowest BCUT2D eigenvalue weighted by molar-refractivity contribution is -0.131. The second-order valence-electron chi connectivity index (χ2n) is 3.57. The standard InChI is InChI=1S/C12H10N2O4/c1-14(11(15)4-5-12(16)17)8-2-3-9-10(6-8)18-7-13-9/h2-7H,1H3,(H,16,17)/b5-4+. The van der Waals surface area contributed by atoms with Crippen LogP contribution in [-0.4, -0.2) is 29.0 Å². The molecule has 6 heteroatoms. The van der Waals surface area contributed by atoms with Gasteiger partial charge in [0, 0.05) is 31.0 Å². The Bertz CT molecular complexity index is 630. The second kappa shape index (κ2) is 4.70. The number of carbonyl (C=O) groups excluding carboxylic acids is 1. The summed E-state index contributed by atoms with van der Waals surface area (Å²) in [6.07, 6.45) is 3.11. The number of oxazole rings is 1. The molecule has 1 amide bonds. The molecule has 1 aromatic heterocycles. The van der Waals surface area contributed by atoms with E-state index in [0.717, 1.165) is 12.2 Å². The molecule has 2 aromatic rings. The summed E-state index contributed by atoms with van der Waals surface area (Å²) in [5, 5.41) is 8.45. The topological polar surface area (TPSA) is 83.6 Å². The van der Waals surface area contributed by atoms with Gasteiger partial charge in [-0.25, -0.2) is 9.78 Å². The summed E-state index contributed by atoms with van der Waals surface area (Å²) in [6, 6.07) is 5.09. The first kappa shape index (κ1) is 11.8. The number of likely N-dealkylation sites (N-methyl/N-ethyl adjacent to an activating group) is 1. The van der Waals surface area contributed by atoms with Crippen molar-refractivity contribution in [3.05, 3.63) is 36.7 Å². The van der Waals surface area contributed by atoms with Crippen LogP contribution in [0.2, 0.25) is 0 Å². The minimum atomic E-state index is -1.16. The number of benzene rings is 1. The summed E-state index contributed by atoms with van der Waals surface area (Å²) in [6.45, 7) is 0. The molecule has 18 heavy (non-hydrogen) atoms. The smallest absolute Gasteiger partial charge is 0.328 e. The number of rotatable bonds is 3. The molecule has 1 heterocycles. The first-order chi connectivity index (χ1) is 8.58. The summed E-state index contributed by atoms with van der Waals surface area (Å²) in [7, 11) is 1.55. The second-order valence-corrected chi connectivity index (χ2v) is 3.57. The van der Waals surface area contributed by atoms with Crippen molar-refractivity contribution >= 4 is 28.7 Å². The SMILES string of the molecule is CN(C(=O)/C=C/C(=O)O)c1ccc2ncoc2c1. The van der Waals surface area contributed by atoms with Gasteiger partial charge in [0.2, 0.25) is 0 Å². The highest BCUT2D eigenvalue weighted by Gasteiger charge is 2.10. The normalized spacial score (nSPS) is 10.9. The van der Waals surface area contributed by atoms with E-state index in [0.29, 0.717) is 16.8 Å². The van der Waals surface area contributed by atoms with Gasteiger partial charge in [-0.1, -0.05) is 0 Å². The van der Waals surface area contributed by atoms with Crippen LogP contribution in [0.15, 0.2) is 41.2 Å². The van der Waals surface area contributed by atoms with Crippen molar-refractivity contribution in [3.63, 3.8) is 0 Å². The van der Waals surface area contributed by atoms with Crippen LogP contribution in [0.3, 0.4) is 0 Å². The third-order valence-corrected chi connectivity index (χ3v) is 2.40. The van der Waals surface area contributed by atoms with E-state index < -0.39 is 11.9 Å². The lowest BCUT2D eigenvalue weighted by Crippen LogP contribution is -2.24. The van der Waals surface area contributed by atoms with Gasteiger partial charge in [0.1, 0.15) is 5.52 Å². The summed E-state index contributed by atoms with van der Waals surface area (Å²) in [5.74, 6) is -1.60. The molecule has 0 aliphatic carbocycles. The maximum atomic E-state index is 11.7. The van der Waals surface area contributed by atoms with Gasteiger partial charge in [-0.15, -0.1) is 0 Å². The predicted octanol–water partition coefficient (Wildman–Crippen LogP) is 1.43. The lowest BCUT2D eigenvalue weighted by Gasteiger charge is -2.14. The highest BCUT2D eigenvalue weighted by Crippen LogP contribution is 2.20. The van der Waals surface area contributed by atoms with Gasteiger partial charge in [-0.3, -0.25) is 4.79 Å². The zero-order chi connectivity index (χ0) is 13.1. The van der Waals surface area contributed by atoms with E-state index in [2.05, 4.69) is 4.98 Å². The molecule has 0 saturated heterocycles. The molecule has 0 spiro atoms. The van der Waals surface area contributed by atoms with Crippen LogP contribution in [0, 0.1) is 0 Å². The molecule has 0 atom stereocenters. The van der Waals surface area contributed by atoms with Gasteiger partial charge in [0.15, 0.2) is 12.0 Å². The number of amides is 1. The van der Waals surface area contributed by atoms with Crippen molar-refractivity contribution in [2.24, 2.45) is 0 Å². The molecule has 92 valence electrons. The monoisotopic (exact) mass is 246 g/mol. The number of aliphatic carboxylic acids is 1. The Morgan fingerprint density at radius 1 is 1.39 bits per heavy atom. The number of carboxylic acid groups (broad SMARTS) is 1. The van der Waals surface area contributed by atoms with Crippen LogP contribution in [-0.2, 0) is 9.59 Å². The van der Waals surface area contributed by atoms with E-state index in [1.54, 1.807) is 25.2 Å². The number of aromatic nitrogens is 1. The van der Waals surface area contributed by atoms with Gasteiger partial charge in [0.05, 0.1) is 0 Å². The van der Waals surface area contributed by atoms with Crippen molar-refractivity contribution in [2.45, 2.75) is 0 Å². The number of carboxylic acids is 1. The number of hydrogen-bond acceptors (Lipinski definition) is 4. The Balaban J connectivity index is 2.24. The third kappa shape index (κ3) is 2.37. The number of anilines is 1. The molecular formula is C12H10N2O4. The molecule has 2 rings (SSSR count). The maximum Gasteiger partial charge on any atom is 0.328 e. The molecular weight excluding hydrogens is 236 g/mol. The zero-order valence-corrected chi connectivity index (χ0v) is 9.53. The average molecular weight is 246 g/mol. The molecule has 0 fully saturated rings. The fourth-order valence-electron chi connectivity index (χ4n) is 1.43. The minimum Gasteiger partial charge on any atom is -0.478 e. The fourth-order valence-corrected chi connectivity index (χ4v) is 1.43. The van der Waals surface area contributed by atoms with Gasteiger partial charge < -0.3 is 14.4 Å². The van der Waals surface area contributed by atoms with Gasteiger partial charge in [0.25, 0.3) is 5.91 Å². The van der Waals surface area contributed by atoms with Gasteiger partial charge >= 0.3 is 5.97 Å². The quantitative estimate of drug-likeness (QED) is 0.828. The molecule has 0 radical (unpaired) electrons. The molecule has 0 aliphatic rings. The highest BCUT2D eigenvalue weighted by atomic mass is 16.4. The van der Waals surface area contributed by atoms with E-state index >= 15 is 0 Å². The summed E-state index contributed by atoms with van der Waals surface area (Å²) >= 11 is 0. The van der Waals surface area contributed by atoms with E-state index in [1.165, 1.54) is 11.3 Å². The Morgan fingerprint density at radius 2 is 2.17 bits per heavy atom. The van der Waals surface area contributed by atoms with Crippen LogP contribution in [0.4, 0.5) is 5.69 Å². The van der Waals surface area contributed by atoms with Crippen LogP contribution in [0.1, 0.15) is 0 Å². The largest absolute Gasteiger partial charge is 0.478 e. The molecule has 0 aliphatic heterocycles. The van der Waals surface area contributed by atoms with Crippen molar-refractivity contribution < 1.29 is 19.1 Å². The predicted molar refractivity (Wildman–Crippen MR) is 64.2 cm³/mol. The number of hydrogen-bond donors (Lipinski definition) is 1. The first-order valence-corrected chi connectivity index (χ1v) is 5.10. The summed E-state index contributed by atoms with van der Waals surface area (Å²) < 4.78 is 5.13. The van der Waals surface area contributed by atoms with Crippen LogP contribution in [0.25, 0.3) is 11.1 Å². The fraction of sp³-hybridized carbons (Fsp3) is 0.0833. The minimum absolute atomic E-state index is 0.434. The van der Waals surface area contributed by atoms with Crippen LogP contribution in [0.5, 0.6) is 0 Å². The first-order valence-electron chi connectivity index (χ1n) is 5.10. The number of nitrogens with zero attached hydrogens (tertiary/aromatic N) is 2. The third-order valence-electron chi connectivity index (χ3n) is 2.40. The molecule has 1 aromatic carbocycles. The zero-order valence-electron chi connectivity index (χ0n) is 9.53. The van der Waals surface area contributed by atoms with E-state index in [9.17, 15) is 9.59 Å². The van der Waals surface area contributed by atoms with Crippen molar-refractivity contribution in [2.75, 3.05) is 11.9 Å². The molecule has 1 N–H and O–H groups in total. The maximum absolute atomic E-state index is 11.7. The molecule has 0 bridgehead atoms. The Hall–Kier alpha value is -2.63. The van der Waals surface area contributed by atoms with E-state index in [1.807, 2.05) is 0 Å². The van der Waals surface area contributed by atoms with Crippen molar-refractivity contribution in [1.82, 2.24) is 4.98 Å². The van der Waals surface area contributed by atoms with Gasteiger partial charge in [-0.2, -0.15) is 0 Å². The summed E-state index contributed by atoms with van der Waals surface area (Å²) in [4.78, 5) is 27.3. The van der Waals surface area contributed by atoms with E-state index in [4.69, 9.17) is 9.52 Å².